The summed E-state index contributed by atoms with van der Waals surface area (Å²) >= 11 is 1.62. The van der Waals surface area contributed by atoms with Gasteiger partial charge in [0.05, 0.1) is 41.0 Å². The first-order valence-electron chi connectivity index (χ1n) is 10.1. The van der Waals surface area contributed by atoms with Gasteiger partial charge in [-0.05, 0) is 42.1 Å². The van der Waals surface area contributed by atoms with Crippen LogP contribution < -0.4 is 5.69 Å². The molecule has 2 unspecified atom stereocenters. The largest absolute Gasteiger partial charge is 0.427 e. The van der Waals surface area contributed by atoms with Crippen molar-refractivity contribution in [3.63, 3.8) is 0 Å². The molecule has 1 saturated carbocycles. The average molecular weight is 514 g/mol. The minimum absolute atomic E-state index is 0.124. The molecule has 2 atom stereocenters. The van der Waals surface area contributed by atoms with E-state index in [1.165, 1.54) is 17.8 Å². The van der Waals surface area contributed by atoms with E-state index in [1.807, 2.05) is 18.8 Å². The topological polar surface area (TPSA) is 63.6 Å². The van der Waals surface area contributed by atoms with E-state index in [-0.39, 0.29) is 5.52 Å². The highest BCUT2D eigenvalue weighted by molar-refractivity contribution is 7.99. The van der Waals surface area contributed by atoms with E-state index < -0.39 is 29.2 Å². The highest BCUT2D eigenvalue weighted by atomic mass is 32.2. The van der Waals surface area contributed by atoms with Crippen molar-refractivity contribution in [2.45, 2.75) is 48.2 Å². The lowest BCUT2D eigenvalue weighted by atomic mass is 10.0. The van der Waals surface area contributed by atoms with Gasteiger partial charge in [0.1, 0.15) is 0 Å². The SMILES string of the molecule is CCSc1cc(C2(C#N)CC2)cpc1-c1cc2c(cn1)n(CC(F)(P)C(F)(F)F)c(=O)n2C. The second-order valence-corrected chi connectivity index (χ2v) is 11.2. The maximum absolute atomic E-state index is 14.3. The zero-order valence-corrected chi connectivity index (χ0v) is 20.6. The summed E-state index contributed by atoms with van der Waals surface area (Å²) in [5, 5.41) is 6.78. The van der Waals surface area contributed by atoms with Crippen LogP contribution in [0.2, 0.25) is 0 Å². The van der Waals surface area contributed by atoms with Crippen LogP contribution in [0.25, 0.3) is 22.0 Å². The molecule has 1 fully saturated rings. The Morgan fingerprint density at radius 1 is 1.30 bits per heavy atom. The summed E-state index contributed by atoms with van der Waals surface area (Å²) in [7, 11) is 3.44. The third kappa shape index (κ3) is 4.20. The van der Waals surface area contributed by atoms with Crippen molar-refractivity contribution in [3.05, 3.63) is 40.2 Å². The number of fused-ring (bicyclic) bond motifs is 1. The fourth-order valence-electron chi connectivity index (χ4n) is 3.66. The smallest absolute Gasteiger partial charge is 0.295 e. The highest BCUT2D eigenvalue weighted by Crippen LogP contribution is 2.51. The third-order valence-electron chi connectivity index (χ3n) is 5.80. The maximum Gasteiger partial charge on any atom is 0.427 e. The molecule has 174 valence electrons. The van der Waals surface area contributed by atoms with Gasteiger partial charge in [0, 0.05) is 17.2 Å². The van der Waals surface area contributed by atoms with Gasteiger partial charge in [0.25, 0.3) is 0 Å². The molecule has 3 aromatic heterocycles. The molecular weight excluding hydrogens is 494 g/mol. The van der Waals surface area contributed by atoms with Crippen LogP contribution in [0, 0.1) is 11.3 Å². The minimum atomic E-state index is -5.15. The quantitative estimate of drug-likeness (QED) is 0.239. The molecule has 0 amide bonds. The number of aromatic nitrogens is 3. The summed E-state index contributed by atoms with van der Waals surface area (Å²) in [6, 6.07) is 6.06. The molecular formula is C21H20F4N4OP2S. The number of nitrogens with zero attached hydrogens (tertiary/aromatic N) is 4. The van der Waals surface area contributed by atoms with Crippen LogP contribution >= 0.6 is 29.2 Å². The first kappa shape index (κ1) is 24.2. The summed E-state index contributed by atoms with van der Waals surface area (Å²) < 4.78 is 55.4. The molecule has 0 bridgehead atoms. The van der Waals surface area contributed by atoms with Crippen LogP contribution in [0.1, 0.15) is 25.3 Å². The van der Waals surface area contributed by atoms with Crippen molar-refractivity contribution in [1.82, 2.24) is 14.1 Å². The molecule has 0 saturated heterocycles. The molecule has 12 heteroatoms. The molecule has 0 aliphatic heterocycles. The number of imidazole rings is 1. The monoisotopic (exact) mass is 514 g/mol. The van der Waals surface area contributed by atoms with Crippen molar-refractivity contribution in [2.75, 3.05) is 5.75 Å². The van der Waals surface area contributed by atoms with Crippen molar-refractivity contribution >= 4 is 40.2 Å². The highest BCUT2D eigenvalue weighted by Gasteiger charge is 2.53. The molecule has 0 N–H and O–H groups in total. The number of nitriles is 1. The fourth-order valence-corrected chi connectivity index (χ4v) is 5.99. The van der Waals surface area contributed by atoms with E-state index in [0.717, 1.165) is 56.3 Å². The van der Waals surface area contributed by atoms with Crippen LogP contribution in [-0.4, -0.2) is 31.5 Å². The van der Waals surface area contributed by atoms with E-state index in [4.69, 9.17) is 0 Å². The summed E-state index contributed by atoms with van der Waals surface area (Å²) in [4.78, 5) is 18.0. The Hall–Kier alpha value is -1.94. The van der Waals surface area contributed by atoms with Crippen LogP contribution in [0.3, 0.4) is 0 Å². The fraction of sp³-hybridized carbons (Fsp3) is 0.429. The number of thioether (sulfide) groups is 1. The van der Waals surface area contributed by atoms with Gasteiger partial charge in [-0.2, -0.15) is 18.4 Å². The lowest BCUT2D eigenvalue weighted by molar-refractivity contribution is -0.199. The molecule has 0 spiro atoms. The van der Waals surface area contributed by atoms with Crippen LogP contribution in [0.15, 0.2) is 33.8 Å². The van der Waals surface area contributed by atoms with Crippen LogP contribution in [-0.2, 0) is 19.0 Å². The lowest BCUT2D eigenvalue weighted by Gasteiger charge is -2.23. The average Bonchev–Trinajstić information content (AvgIpc) is 3.53. The molecule has 0 aromatic carbocycles. The zero-order valence-electron chi connectivity index (χ0n) is 17.8. The Bertz CT molecular complexity index is 1340. The molecule has 3 aromatic rings. The summed E-state index contributed by atoms with van der Waals surface area (Å²) in [6.45, 7) is 0.828. The van der Waals surface area contributed by atoms with E-state index in [1.54, 1.807) is 17.8 Å². The number of halogens is 4. The first-order chi connectivity index (χ1) is 15.4. The number of pyridine rings is 1. The van der Waals surface area contributed by atoms with Gasteiger partial charge in [0.2, 0.25) is 5.41 Å². The number of rotatable bonds is 6. The normalized spacial score (nSPS) is 17.3. The summed E-state index contributed by atoms with van der Waals surface area (Å²) in [6.07, 6.45) is -2.15. The van der Waals surface area contributed by atoms with Crippen molar-refractivity contribution in [2.24, 2.45) is 7.05 Å². The molecule has 5 nitrogen and oxygen atoms in total. The number of hydrogen-bond acceptors (Lipinski definition) is 4. The van der Waals surface area contributed by atoms with Crippen LogP contribution in [0.5, 0.6) is 0 Å². The van der Waals surface area contributed by atoms with Gasteiger partial charge < -0.3 is 0 Å². The van der Waals surface area contributed by atoms with Gasteiger partial charge in [-0.25, -0.2) is 9.18 Å². The molecule has 0 radical (unpaired) electrons. The van der Waals surface area contributed by atoms with Gasteiger partial charge in [-0.3, -0.25) is 14.1 Å². The Kier molecular flexibility index (Phi) is 6.14. The molecule has 3 heterocycles. The first-order valence-corrected chi connectivity index (χ1v) is 12.6. The second-order valence-electron chi connectivity index (χ2n) is 8.04. The molecule has 1 aliphatic rings. The maximum atomic E-state index is 14.3. The van der Waals surface area contributed by atoms with E-state index >= 15 is 0 Å². The Labute approximate surface area is 195 Å². The predicted molar refractivity (Wildman–Crippen MR) is 125 cm³/mol. The van der Waals surface area contributed by atoms with Gasteiger partial charge >= 0.3 is 11.9 Å². The second kappa shape index (κ2) is 8.37. The van der Waals surface area contributed by atoms with E-state index in [0.29, 0.717) is 11.2 Å². The minimum Gasteiger partial charge on any atom is -0.295 e. The van der Waals surface area contributed by atoms with Crippen molar-refractivity contribution in [1.29, 1.82) is 5.26 Å². The predicted octanol–water partition coefficient (Wildman–Crippen LogP) is 5.75. The third-order valence-corrected chi connectivity index (χ3v) is 8.52. The molecule has 1 aliphatic carbocycles. The zero-order chi connectivity index (χ0) is 24.2. The van der Waals surface area contributed by atoms with Crippen LogP contribution in [0.4, 0.5) is 17.6 Å². The Morgan fingerprint density at radius 2 is 2.00 bits per heavy atom. The Balaban J connectivity index is 1.81. The van der Waals surface area contributed by atoms with Gasteiger partial charge in [0.15, 0.2) is 0 Å². The van der Waals surface area contributed by atoms with Crippen molar-refractivity contribution < 1.29 is 17.6 Å². The number of alkyl halides is 4. The van der Waals surface area contributed by atoms with Gasteiger partial charge in [-0.1, -0.05) is 24.4 Å². The molecule has 4 rings (SSSR count). The van der Waals surface area contributed by atoms with Gasteiger partial charge in [-0.15, -0.1) is 11.8 Å². The number of aryl methyl sites for hydroxylation is 1. The summed E-state index contributed by atoms with van der Waals surface area (Å²) in [5.74, 6) is 2.80. The standard InChI is InChI=1S/C21H20F4N4OP2S/c1-3-33-16-6-12(19(10-26)4-5-19)9-32-17(16)13-7-14-15(8-27-13)29(18(30)28(14)2)11-20(22,31)21(23,24)25/h6-9H,3-5,11,31H2,1-2H3. The molecule has 33 heavy (non-hydrogen) atoms. The van der Waals surface area contributed by atoms with Crippen molar-refractivity contribution in [3.8, 4) is 17.1 Å². The Morgan fingerprint density at radius 3 is 2.58 bits per heavy atom. The summed E-state index contributed by atoms with van der Waals surface area (Å²) in [5.41, 5.74) is 0.898. The lowest BCUT2D eigenvalue weighted by Crippen LogP contribution is -2.41. The number of hydrogen-bond donors (Lipinski definition) is 0. The van der Waals surface area contributed by atoms with E-state index in [9.17, 15) is 27.6 Å². The van der Waals surface area contributed by atoms with E-state index in [2.05, 4.69) is 11.1 Å².